The van der Waals surface area contributed by atoms with Crippen LogP contribution in [-0.4, -0.2) is 31.9 Å². The Bertz CT molecular complexity index is 690. The van der Waals surface area contributed by atoms with Crippen LogP contribution in [0.2, 0.25) is 0 Å². The molecular weight excluding hydrogens is 308 g/mol. The van der Waals surface area contributed by atoms with Gasteiger partial charge in [-0.25, -0.2) is 0 Å². The van der Waals surface area contributed by atoms with Crippen molar-refractivity contribution in [2.75, 3.05) is 30.9 Å². The molecule has 5 heteroatoms. The number of ether oxygens (including phenoxy) is 1. The normalized spacial score (nSPS) is 13.3. The number of methoxy groups -OCH3 is 1. The molecule has 0 aromatic heterocycles. The van der Waals surface area contributed by atoms with Crippen molar-refractivity contribution in [3.63, 3.8) is 0 Å². The minimum atomic E-state index is 0.0256. The number of nitrogens with zero attached hydrogens (tertiary/aromatic N) is 1. The third-order valence-corrected chi connectivity index (χ3v) is 4.87. The second-order valence-electron chi connectivity index (χ2n) is 5.33. The number of hydrogen-bond donors (Lipinski definition) is 1. The van der Waals surface area contributed by atoms with E-state index in [0.29, 0.717) is 13.1 Å². The number of para-hydroxylation sites is 2. The first kappa shape index (κ1) is 15.7. The predicted octanol–water partition coefficient (Wildman–Crippen LogP) is 2.92. The van der Waals surface area contributed by atoms with E-state index in [1.807, 2.05) is 48.2 Å². The van der Waals surface area contributed by atoms with Crippen molar-refractivity contribution >= 4 is 23.4 Å². The van der Waals surface area contributed by atoms with Gasteiger partial charge in [0, 0.05) is 29.3 Å². The predicted molar refractivity (Wildman–Crippen MR) is 94.2 cm³/mol. The Labute approximate surface area is 140 Å². The van der Waals surface area contributed by atoms with Gasteiger partial charge in [0.25, 0.3) is 0 Å². The van der Waals surface area contributed by atoms with Crippen LogP contribution in [0.15, 0.2) is 53.4 Å². The van der Waals surface area contributed by atoms with Crippen molar-refractivity contribution in [1.82, 2.24) is 5.32 Å². The van der Waals surface area contributed by atoms with Crippen LogP contribution in [-0.2, 0) is 11.3 Å². The quantitative estimate of drug-likeness (QED) is 0.916. The van der Waals surface area contributed by atoms with E-state index in [-0.39, 0.29) is 5.91 Å². The maximum atomic E-state index is 12.3. The molecule has 0 spiro atoms. The maximum absolute atomic E-state index is 12.3. The Morgan fingerprint density at radius 1 is 1.22 bits per heavy atom. The van der Waals surface area contributed by atoms with E-state index in [9.17, 15) is 4.79 Å². The Morgan fingerprint density at radius 3 is 2.87 bits per heavy atom. The van der Waals surface area contributed by atoms with Gasteiger partial charge >= 0.3 is 0 Å². The standard InChI is InChI=1S/C18H20N2O2S/c1-22-16-8-4-2-6-14(16)12-19-18(21)13-20-10-11-23-17-9-5-3-7-15(17)20/h2-9H,10-13H2,1H3,(H,19,21). The monoisotopic (exact) mass is 328 g/mol. The third kappa shape index (κ3) is 3.79. The van der Waals surface area contributed by atoms with Crippen molar-refractivity contribution in [2.24, 2.45) is 0 Å². The van der Waals surface area contributed by atoms with Crippen molar-refractivity contribution in [3.8, 4) is 5.75 Å². The summed E-state index contributed by atoms with van der Waals surface area (Å²) < 4.78 is 5.31. The van der Waals surface area contributed by atoms with Crippen LogP contribution < -0.4 is 15.0 Å². The topological polar surface area (TPSA) is 41.6 Å². The van der Waals surface area contributed by atoms with Crippen molar-refractivity contribution in [2.45, 2.75) is 11.4 Å². The first-order valence-corrected chi connectivity index (χ1v) is 8.62. The van der Waals surface area contributed by atoms with Crippen LogP contribution in [0.1, 0.15) is 5.56 Å². The molecule has 0 fully saturated rings. The molecule has 0 atom stereocenters. The molecular formula is C18H20N2O2S. The summed E-state index contributed by atoms with van der Waals surface area (Å²) in [6.07, 6.45) is 0. The van der Waals surface area contributed by atoms with Crippen LogP contribution in [0.3, 0.4) is 0 Å². The van der Waals surface area contributed by atoms with Crippen molar-refractivity contribution in [1.29, 1.82) is 0 Å². The van der Waals surface area contributed by atoms with E-state index in [1.54, 1.807) is 7.11 Å². The molecule has 1 aliphatic heterocycles. The van der Waals surface area contributed by atoms with E-state index < -0.39 is 0 Å². The van der Waals surface area contributed by atoms with Gasteiger partial charge in [-0.1, -0.05) is 30.3 Å². The van der Waals surface area contributed by atoms with Gasteiger partial charge in [0.1, 0.15) is 5.75 Å². The third-order valence-electron chi connectivity index (χ3n) is 3.83. The molecule has 0 saturated carbocycles. The van der Waals surface area contributed by atoms with Gasteiger partial charge in [-0.3, -0.25) is 4.79 Å². The van der Waals surface area contributed by atoms with E-state index in [0.717, 1.165) is 29.3 Å². The molecule has 1 N–H and O–H groups in total. The number of nitrogens with one attached hydrogen (secondary N) is 1. The molecule has 2 aromatic rings. The summed E-state index contributed by atoms with van der Waals surface area (Å²) in [5.41, 5.74) is 2.13. The smallest absolute Gasteiger partial charge is 0.239 e. The summed E-state index contributed by atoms with van der Waals surface area (Å²) in [5, 5.41) is 2.98. The SMILES string of the molecule is COc1ccccc1CNC(=O)CN1CCSc2ccccc21. The zero-order chi connectivity index (χ0) is 16.1. The Balaban J connectivity index is 1.60. The average Bonchev–Trinajstić information content (AvgIpc) is 2.60. The minimum Gasteiger partial charge on any atom is -0.496 e. The molecule has 2 aromatic carbocycles. The van der Waals surface area contributed by atoms with Gasteiger partial charge < -0.3 is 15.0 Å². The number of carbonyl (C=O) groups is 1. The van der Waals surface area contributed by atoms with E-state index in [4.69, 9.17) is 4.74 Å². The summed E-state index contributed by atoms with van der Waals surface area (Å²) in [4.78, 5) is 15.7. The van der Waals surface area contributed by atoms with Crippen LogP contribution in [0.5, 0.6) is 5.75 Å². The zero-order valence-electron chi connectivity index (χ0n) is 13.1. The highest BCUT2D eigenvalue weighted by atomic mass is 32.2. The summed E-state index contributed by atoms with van der Waals surface area (Å²) in [5.74, 6) is 1.83. The molecule has 1 amide bonds. The van der Waals surface area contributed by atoms with Crippen LogP contribution >= 0.6 is 11.8 Å². The molecule has 0 bridgehead atoms. The average molecular weight is 328 g/mol. The zero-order valence-corrected chi connectivity index (χ0v) is 13.9. The van der Waals surface area contributed by atoms with E-state index in [1.165, 1.54) is 4.90 Å². The molecule has 4 nitrogen and oxygen atoms in total. The van der Waals surface area contributed by atoms with Gasteiger partial charge in [-0.2, -0.15) is 0 Å². The number of benzene rings is 2. The van der Waals surface area contributed by atoms with Crippen LogP contribution in [0, 0.1) is 0 Å². The van der Waals surface area contributed by atoms with Gasteiger partial charge in [0.15, 0.2) is 0 Å². The molecule has 1 aliphatic rings. The highest BCUT2D eigenvalue weighted by Gasteiger charge is 2.19. The van der Waals surface area contributed by atoms with Crippen LogP contribution in [0.4, 0.5) is 5.69 Å². The lowest BCUT2D eigenvalue weighted by atomic mass is 10.2. The Morgan fingerprint density at radius 2 is 2.00 bits per heavy atom. The molecule has 3 rings (SSSR count). The summed E-state index contributed by atoms with van der Waals surface area (Å²) >= 11 is 1.84. The van der Waals surface area contributed by atoms with E-state index >= 15 is 0 Å². The first-order valence-electron chi connectivity index (χ1n) is 7.63. The van der Waals surface area contributed by atoms with Gasteiger partial charge in [-0.15, -0.1) is 11.8 Å². The van der Waals surface area contributed by atoms with E-state index in [2.05, 4.69) is 22.3 Å². The molecule has 0 aliphatic carbocycles. The fraction of sp³-hybridized carbons (Fsp3) is 0.278. The molecule has 0 unspecified atom stereocenters. The van der Waals surface area contributed by atoms with Gasteiger partial charge in [0.05, 0.1) is 19.3 Å². The number of hydrogen-bond acceptors (Lipinski definition) is 4. The Kier molecular flexibility index (Phi) is 5.08. The first-order chi connectivity index (χ1) is 11.3. The number of thioether (sulfide) groups is 1. The fourth-order valence-corrected chi connectivity index (χ4v) is 3.71. The number of amides is 1. The minimum absolute atomic E-state index is 0.0256. The second kappa shape index (κ2) is 7.42. The molecule has 0 radical (unpaired) electrons. The molecule has 120 valence electrons. The van der Waals surface area contributed by atoms with Crippen molar-refractivity contribution in [3.05, 3.63) is 54.1 Å². The van der Waals surface area contributed by atoms with Crippen LogP contribution in [0.25, 0.3) is 0 Å². The highest BCUT2D eigenvalue weighted by molar-refractivity contribution is 7.99. The summed E-state index contributed by atoms with van der Waals surface area (Å²) in [7, 11) is 1.64. The highest BCUT2D eigenvalue weighted by Crippen LogP contribution is 2.33. The van der Waals surface area contributed by atoms with Gasteiger partial charge in [-0.05, 0) is 18.2 Å². The summed E-state index contributed by atoms with van der Waals surface area (Å²) in [6.45, 7) is 1.75. The summed E-state index contributed by atoms with van der Waals surface area (Å²) in [6, 6.07) is 16.0. The largest absolute Gasteiger partial charge is 0.496 e. The lowest BCUT2D eigenvalue weighted by Crippen LogP contribution is -2.39. The number of carbonyl (C=O) groups excluding carboxylic acids is 1. The maximum Gasteiger partial charge on any atom is 0.239 e. The number of fused-ring (bicyclic) bond motifs is 1. The molecule has 23 heavy (non-hydrogen) atoms. The van der Waals surface area contributed by atoms with Crippen molar-refractivity contribution < 1.29 is 9.53 Å². The second-order valence-corrected chi connectivity index (χ2v) is 6.46. The lowest BCUT2D eigenvalue weighted by molar-refractivity contribution is -0.119. The fourth-order valence-electron chi connectivity index (χ4n) is 2.66. The number of rotatable bonds is 5. The Hall–Kier alpha value is -2.14. The molecule has 1 heterocycles. The van der Waals surface area contributed by atoms with Gasteiger partial charge in [0.2, 0.25) is 5.91 Å². The molecule has 0 saturated heterocycles. The number of anilines is 1. The lowest BCUT2D eigenvalue weighted by Gasteiger charge is -2.30.